The molecule has 1 aliphatic rings. The number of nitrogens with one attached hydrogen (secondary N) is 1. The maximum atomic E-state index is 11.0. The number of anilines is 1. The summed E-state index contributed by atoms with van der Waals surface area (Å²) in [7, 11) is 0. The number of rotatable bonds is 3. The molecule has 3 unspecified atom stereocenters. The molecule has 1 saturated carbocycles. The molecule has 0 radical (unpaired) electrons. The van der Waals surface area contributed by atoms with E-state index < -0.39 is 0 Å². The van der Waals surface area contributed by atoms with Crippen LogP contribution in [0.3, 0.4) is 0 Å². The minimum absolute atomic E-state index is 0.208. The number of hydrogen-bond donors (Lipinski definition) is 1. The van der Waals surface area contributed by atoms with Crippen molar-refractivity contribution in [1.29, 1.82) is 0 Å². The zero-order valence-corrected chi connectivity index (χ0v) is 11.4. The lowest BCUT2D eigenvalue weighted by atomic mass is 9.80. The summed E-state index contributed by atoms with van der Waals surface area (Å²) < 4.78 is 0. The molecule has 18 heavy (non-hydrogen) atoms. The molecule has 2 rings (SSSR count). The SMILES string of the molecule is CC1CCC(Nc2ncnc(Cl)c2C=O)C(C)C1. The number of aromatic nitrogens is 2. The van der Waals surface area contributed by atoms with Gasteiger partial charge in [0, 0.05) is 6.04 Å². The maximum absolute atomic E-state index is 11.0. The van der Waals surface area contributed by atoms with Crippen LogP contribution in [0.5, 0.6) is 0 Å². The number of carbonyl (C=O) groups is 1. The standard InChI is InChI=1S/C13H18ClN3O/c1-8-3-4-11(9(2)5-8)17-13-10(6-18)12(14)15-7-16-13/h6-9,11H,3-5H2,1-2H3,(H,15,16,17). The topological polar surface area (TPSA) is 54.9 Å². The highest BCUT2D eigenvalue weighted by molar-refractivity contribution is 6.32. The average molecular weight is 268 g/mol. The molecule has 5 heteroatoms. The Kier molecular flexibility index (Phi) is 4.17. The molecule has 0 aliphatic heterocycles. The Morgan fingerprint density at radius 1 is 1.39 bits per heavy atom. The van der Waals surface area contributed by atoms with Crippen molar-refractivity contribution >= 4 is 23.7 Å². The molecular formula is C13H18ClN3O. The van der Waals surface area contributed by atoms with Crippen LogP contribution in [0.1, 0.15) is 43.5 Å². The second-order valence-corrected chi connectivity index (χ2v) is 5.55. The molecule has 1 heterocycles. The summed E-state index contributed by atoms with van der Waals surface area (Å²) in [4.78, 5) is 19.0. The van der Waals surface area contributed by atoms with Gasteiger partial charge in [-0.3, -0.25) is 4.79 Å². The van der Waals surface area contributed by atoms with E-state index in [1.54, 1.807) is 0 Å². The van der Waals surface area contributed by atoms with E-state index in [9.17, 15) is 4.79 Å². The number of hydrogen-bond acceptors (Lipinski definition) is 4. The molecule has 0 amide bonds. The maximum Gasteiger partial charge on any atom is 0.156 e. The van der Waals surface area contributed by atoms with Crippen molar-refractivity contribution in [3.8, 4) is 0 Å². The second kappa shape index (κ2) is 5.65. The summed E-state index contributed by atoms with van der Waals surface area (Å²) in [6.07, 6.45) is 5.60. The zero-order valence-electron chi connectivity index (χ0n) is 10.7. The van der Waals surface area contributed by atoms with Crippen LogP contribution in [0, 0.1) is 11.8 Å². The van der Waals surface area contributed by atoms with E-state index in [-0.39, 0.29) is 5.15 Å². The van der Waals surface area contributed by atoms with Gasteiger partial charge in [-0.15, -0.1) is 0 Å². The first-order chi connectivity index (χ1) is 8.61. The van der Waals surface area contributed by atoms with Crippen LogP contribution in [-0.4, -0.2) is 22.3 Å². The van der Waals surface area contributed by atoms with Crippen LogP contribution in [-0.2, 0) is 0 Å². The monoisotopic (exact) mass is 267 g/mol. The average Bonchev–Trinajstić information content (AvgIpc) is 2.33. The van der Waals surface area contributed by atoms with Crippen LogP contribution in [0.2, 0.25) is 5.15 Å². The van der Waals surface area contributed by atoms with Crippen molar-refractivity contribution < 1.29 is 4.79 Å². The number of nitrogens with zero attached hydrogens (tertiary/aromatic N) is 2. The van der Waals surface area contributed by atoms with E-state index in [1.807, 2.05) is 0 Å². The first-order valence-corrected chi connectivity index (χ1v) is 6.71. The van der Waals surface area contributed by atoms with Gasteiger partial charge in [-0.05, 0) is 31.1 Å². The molecule has 1 fully saturated rings. The highest BCUT2D eigenvalue weighted by Crippen LogP contribution is 2.31. The van der Waals surface area contributed by atoms with E-state index in [0.29, 0.717) is 29.6 Å². The van der Waals surface area contributed by atoms with Crippen molar-refractivity contribution in [1.82, 2.24) is 9.97 Å². The summed E-state index contributed by atoms with van der Waals surface area (Å²) in [6.45, 7) is 4.52. The minimum Gasteiger partial charge on any atom is -0.366 e. The fraction of sp³-hybridized carbons (Fsp3) is 0.615. The predicted octanol–water partition coefficient (Wildman–Crippen LogP) is 3.18. The highest BCUT2D eigenvalue weighted by Gasteiger charge is 2.26. The molecule has 1 aliphatic carbocycles. The number of aldehydes is 1. The van der Waals surface area contributed by atoms with Gasteiger partial charge < -0.3 is 5.32 Å². The molecule has 4 nitrogen and oxygen atoms in total. The van der Waals surface area contributed by atoms with Crippen molar-refractivity contribution in [3.63, 3.8) is 0 Å². The lowest BCUT2D eigenvalue weighted by Gasteiger charge is -2.33. The Labute approximate surface area is 112 Å². The second-order valence-electron chi connectivity index (χ2n) is 5.19. The fourth-order valence-electron chi connectivity index (χ4n) is 2.65. The number of carbonyl (C=O) groups excluding carboxylic acids is 1. The Morgan fingerprint density at radius 2 is 2.17 bits per heavy atom. The van der Waals surface area contributed by atoms with Crippen LogP contribution < -0.4 is 5.32 Å². The number of halogens is 1. The molecular weight excluding hydrogens is 250 g/mol. The Morgan fingerprint density at radius 3 is 2.83 bits per heavy atom. The lowest BCUT2D eigenvalue weighted by Crippen LogP contribution is -2.33. The van der Waals surface area contributed by atoms with E-state index in [2.05, 4.69) is 29.1 Å². The van der Waals surface area contributed by atoms with Gasteiger partial charge in [0.05, 0.1) is 5.56 Å². The molecule has 0 spiro atoms. The van der Waals surface area contributed by atoms with Crippen molar-refractivity contribution in [2.24, 2.45) is 11.8 Å². The normalized spacial score (nSPS) is 27.8. The molecule has 1 aromatic heterocycles. The van der Waals surface area contributed by atoms with Crippen molar-refractivity contribution in [3.05, 3.63) is 17.0 Å². The summed E-state index contributed by atoms with van der Waals surface area (Å²) >= 11 is 5.88. The Hall–Kier alpha value is -1.16. The van der Waals surface area contributed by atoms with Gasteiger partial charge in [-0.25, -0.2) is 9.97 Å². The van der Waals surface area contributed by atoms with E-state index >= 15 is 0 Å². The van der Waals surface area contributed by atoms with Crippen molar-refractivity contribution in [2.45, 2.75) is 39.2 Å². The third kappa shape index (κ3) is 2.80. The van der Waals surface area contributed by atoms with E-state index in [4.69, 9.17) is 11.6 Å². The fourth-order valence-corrected chi connectivity index (χ4v) is 2.83. The molecule has 0 bridgehead atoms. The lowest BCUT2D eigenvalue weighted by molar-refractivity contribution is 0.112. The van der Waals surface area contributed by atoms with Gasteiger partial charge >= 0.3 is 0 Å². The van der Waals surface area contributed by atoms with Gasteiger partial charge in [-0.1, -0.05) is 25.4 Å². The Balaban J connectivity index is 2.14. The predicted molar refractivity (Wildman–Crippen MR) is 72.0 cm³/mol. The third-order valence-electron chi connectivity index (χ3n) is 3.71. The summed E-state index contributed by atoms with van der Waals surface area (Å²) in [5.74, 6) is 1.90. The van der Waals surface area contributed by atoms with Gasteiger partial charge in [0.1, 0.15) is 17.3 Å². The van der Waals surface area contributed by atoms with E-state index in [1.165, 1.54) is 19.2 Å². The van der Waals surface area contributed by atoms with Gasteiger partial charge in [0.25, 0.3) is 0 Å². The molecule has 1 N–H and O–H groups in total. The van der Waals surface area contributed by atoms with Crippen LogP contribution in [0.4, 0.5) is 5.82 Å². The molecule has 98 valence electrons. The zero-order chi connectivity index (χ0) is 13.1. The quantitative estimate of drug-likeness (QED) is 0.675. The van der Waals surface area contributed by atoms with Gasteiger partial charge in [0.15, 0.2) is 6.29 Å². The van der Waals surface area contributed by atoms with Crippen LogP contribution in [0.25, 0.3) is 0 Å². The Bertz CT molecular complexity index is 438. The minimum atomic E-state index is 0.208. The summed E-state index contributed by atoms with van der Waals surface area (Å²) in [6, 6.07) is 0.353. The summed E-state index contributed by atoms with van der Waals surface area (Å²) in [5.41, 5.74) is 0.352. The van der Waals surface area contributed by atoms with Gasteiger partial charge in [-0.2, -0.15) is 0 Å². The highest BCUT2D eigenvalue weighted by atomic mass is 35.5. The first kappa shape index (κ1) is 13.3. The molecule has 3 atom stereocenters. The van der Waals surface area contributed by atoms with Crippen LogP contribution in [0.15, 0.2) is 6.33 Å². The summed E-state index contributed by atoms with van der Waals surface area (Å²) in [5, 5.41) is 3.55. The first-order valence-electron chi connectivity index (χ1n) is 6.34. The third-order valence-corrected chi connectivity index (χ3v) is 4.01. The molecule has 0 aromatic carbocycles. The molecule has 1 aromatic rings. The van der Waals surface area contributed by atoms with E-state index in [0.717, 1.165) is 12.3 Å². The largest absolute Gasteiger partial charge is 0.366 e. The van der Waals surface area contributed by atoms with Crippen molar-refractivity contribution in [2.75, 3.05) is 5.32 Å². The smallest absolute Gasteiger partial charge is 0.156 e. The van der Waals surface area contributed by atoms with Crippen LogP contribution >= 0.6 is 11.6 Å². The molecule has 0 saturated heterocycles. The van der Waals surface area contributed by atoms with Gasteiger partial charge in [0.2, 0.25) is 0 Å².